The van der Waals surface area contributed by atoms with Crippen molar-refractivity contribution in [3.05, 3.63) is 60.8 Å². The van der Waals surface area contributed by atoms with Crippen molar-refractivity contribution in [1.82, 2.24) is 0 Å². The van der Waals surface area contributed by atoms with Crippen molar-refractivity contribution < 1.29 is 38.2 Å². The minimum atomic E-state index is -1.13. The Labute approximate surface area is 375 Å². The highest BCUT2D eigenvalue weighted by Crippen LogP contribution is 2.15. The van der Waals surface area contributed by atoms with Gasteiger partial charge in [-0.25, -0.2) is 0 Å². The van der Waals surface area contributed by atoms with Gasteiger partial charge in [0.2, 0.25) is 0 Å². The van der Waals surface area contributed by atoms with Gasteiger partial charge in [0.15, 0.2) is 6.10 Å². The summed E-state index contributed by atoms with van der Waals surface area (Å²) < 4.78 is 17.2. The number of hydrogen-bond donors (Lipinski definition) is 0. The van der Waals surface area contributed by atoms with E-state index in [1.807, 2.05) is 0 Å². The van der Waals surface area contributed by atoms with Crippen molar-refractivity contribution in [3.8, 4) is 0 Å². The molecule has 61 heavy (non-hydrogen) atoms. The number of unbranched alkanes of at least 4 members (excludes halogenated alkanes) is 20. The van der Waals surface area contributed by atoms with Crippen LogP contribution in [0.15, 0.2) is 60.8 Å². The lowest BCUT2D eigenvalue weighted by Crippen LogP contribution is -2.55. The maximum atomic E-state index is 12.8. The predicted molar refractivity (Wildman–Crippen MR) is 254 cm³/mol. The first-order valence-electron chi connectivity index (χ1n) is 24.8. The topological polar surface area (TPSA) is 102 Å². The summed E-state index contributed by atoms with van der Waals surface area (Å²) in [6, 6.07) is -0.729. The first kappa shape index (κ1) is 58.0. The number of ether oxygens (including phenoxy) is 3. The summed E-state index contributed by atoms with van der Waals surface area (Å²) in [6.07, 6.45) is 53.8. The first-order valence-corrected chi connectivity index (χ1v) is 24.8. The quantitative estimate of drug-likeness (QED) is 0.0260. The van der Waals surface area contributed by atoms with Crippen LogP contribution in [0.4, 0.5) is 0 Å². The molecule has 0 spiro atoms. The van der Waals surface area contributed by atoms with E-state index in [0.29, 0.717) is 12.8 Å². The molecular formula is C53H93NO7. The number of carboxylic acid groups (broad SMARTS) is 1. The summed E-state index contributed by atoms with van der Waals surface area (Å²) >= 11 is 0. The third kappa shape index (κ3) is 42.1. The number of hydrogen-bond acceptors (Lipinski definition) is 7. The Kier molecular flexibility index (Phi) is 41.5. The molecule has 0 aliphatic rings. The summed E-state index contributed by atoms with van der Waals surface area (Å²) in [5.74, 6) is -1.75. The normalized spacial score (nSPS) is 13.4. The van der Waals surface area contributed by atoms with E-state index in [4.69, 9.17) is 14.2 Å². The lowest BCUT2D eigenvalue weighted by molar-refractivity contribution is -0.889. The van der Waals surface area contributed by atoms with Gasteiger partial charge in [-0.05, 0) is 57.8 Å². The van der Waals surface area contributed by atoms with Gasteiger partial charge < -0.3 is 28.6 Å². The Morgan fingerprint density at radius 1 is 0.508 bits per heavy atom. The molecular weight excluding hydrogens is 763 g/mol. The van der Waals surface area contributed by atoms with Gasteiger partial charge >= 0.3 is 11.9 Å². The van der Waals surface area contributed by atoms with Gasteiger partial charge in [-0.2, -0.15) is 0 Å². The molecule has 0 aromatic rings. The number of carbonyl (C=O) groups is 3. The highest BCUT2D eigenvalue weighted by molar-refractivity contribution is 5.70. The Bertz CT molecular complexity index is 1180. The monoisotopic (exact) mass is 856 g/mol. The Hall–Kier alpha value is -2.97. The van der Waals surface area contributed by atoms with Crippen molar-refractivity contribution >= 4 is 17.9 Å². The van der Waals surface area contributed by atoms with Crippen LogP contribution in [0.5, 0.6) is 0 Å². The number of nitrogens with zero attached hydrogens (tertiary/aromatic N) is 1. The molecule has 0 aliphatic heterocycles. The zero-order valence-electron chi connectivity index (χ0n) is 40.1. The highest BCUT2D eigenvalue weighted by Gasteiger charge is 2.25. The second kappa shape index (κ2) is 43.7. The summed E-state index contributed by atoms with van der Waals surface area (Å²) in [5.41, 5.74) is 0. The van der Waals surface area contributed by atoms with Crippen LogP contribution in [0.25, 0.3) is 0 Å². The molecule has 0 saturated heterocycles. The van der Waals surface area contributed by atoms with Crippen molar-refractivity contribution in [2.24, 2.45) is 0 Å². The second-order valence-corrected chi connectivity index (χ2v) is 17.7. The Balaban J connectivity index is 4.28. The molecule has 0 rings (SSSR count). The lowest BCUT2D eigenvalue weighted by atomic mass is 10.0. The van der Waals surface area contributed by atoms with Gasteiger partial charge in [0.25, 0.3) is 0 Å². The van der Waals surface area contributed by atoms with Crippen LogP contribution in [0.2, 0.25) is 0 Å². The number of carboxylic acids is 1. The molecule has 0 fully saturated rings. The molecule has 2 unspecified atom stereocenters. The van der Waals surface area contributed by atoms with Gasteiger partial charge in [0.05, 0.1) is 40.3 Å². The summed E-state index contributed by atoms with van der Waals surface area (Å²) in [5, 5.41) is 11.6. The van der Waals surface area contributed by atoms with E-state index in [9.17, 15) is 19.5 Å². The largest absolute Gasteiger partial charge is 0.544 e. The molecule has 0 amide bonds. The zero-order chi connectivity index (χ0) is 44.9. The third-order valence-electron chi connectivity index (χ3n) is 10.9. The third-order valence-corrected chi connectivity index (χ3v) is 10.9. The molecule has 2 atom stereocenters. The van der Waals surface area contributed by atoms with Crippen molar-refractivity contribution in [1.29, 1.82) is 0 Å². The number of esters is 2. The standard InChI is InChI=1S/C53H93NO7/c1-6-8-10-12-14-16-18-20-22-23-24-25-26-27-28-29-30-32-34-36-38-40-42-44-52(56)61-49(47-59-46-45-50(53(57)58)54(3,4)5)48-60-51(55)43-41-39-37-35-33-31-21-19-17-15-13-11-9-7-2/h8,10,14,16,20,22,24-25,27-28,49-50H,6-7,9,11-13,15,17-19,21,23,26,29-48H2,1-5H3/b10-8+,16-14+,22-20+,25-24+,28-27+. The van der Waals surface area contributed by atoms with E-state index < -0.39 is 18.1 Å². The van der Waals surface area contributed by atoms with E-state index >= 15 is 0 Å². The number of aliphatic carboxylic acids is 1. The first-order chi connectivity index (χ1) is 29.6. The fourth-order valence-corrected chi connectivity index (χ4v) is 7.10. The second-order valence-electron chi connectivity index (χ2n) is 17.7. The average Bonchev–Trinajstić information content (AvgIpc) is 3.22. The number of carbonyl (C=O) groups excluding carboxylic acids is 3. The Morgan fingerprint density at radius 2 is 0.918 bits per heavy atom. The van der Waals surface area contributed by atoms with Crippen LogP contribution in [0.3, 0.4) is 0 Å². The molecule has 0 bridgehead atoms. The minimum Gasteiger partial charge on any atom is -0.544 e. The van der Waals surface area contributed by atoms with Gasteiger partial charge in [-0.15, -0.1) is 0 Å². The fourth-order valence-electron chi connectivity index (χ4n) is 7.10. The molecule has 0 aromatic heterocycles. The van der Waals surface area contributed by atoms with Gasteiger partial charge in [-0.1, -0.05) is 190 Å². The predicted octanol–water partition coefficient (Wildman–Crippen LogP) is 12.8. The number of allylic oxidation sites excluding steroid dienone is 10. The maximum absolute atomic E-state index is 12.8. The van der Waals surface area contributed by atoms with Crippen LogP contribution in [-0.2, 0) is 28.6 Å². The van der Waals surface area contributed by atoms with Crippen LogP contribution < -0.4 is 5.11 Å². The minimum absolute atomic E-state index is 0.0361. The molecule has 352 valence electrons. The van der Waals surface area contributed by atoms with Crippen LogP contribution >= 0.6 is 0 Å². The molecule has 0 aromatic carbocycles. The Morgan fingerprint density at radius 3 is 1.36 bits per heavy atom. The van der Waals surface area contributed by atoms with Crippen LogP contribution in [0, 0.1) is 0 Å². The molecule has 0 heterocycles. The van der Waals surface area contributed by atoms with E-state index in [0.717, 1.165) is 83.5 Å². The number of rotatable bonds is 44. The average molecular weight is 856 g/mol. The van der Waals surface area contributed by atoms with E-state index in [1.54, 1.807) is 21.1 Å². The van der Waals surface area contributed by atoms with Crippen molar-refractivity contribution in [2.45, 2.75) is 219 Å². The maximum Gasteiger partial charge on any atom is 0.306 e. The van der Waals surface area contributed by atoms with Crippen LogP contribution in [0.1, 0.15) is 206 Å². The number of likely N-dealkylation sites (N-methyl/N-ethyl adjacent to an activating group) is 1. The summed E-state index contributed by atoms with van der Waals surface area (Å²) in [6.45, 7) is 4.55. The lowest BCUT2D eigenvalue weighted by Gasteiger charge is -2.34. The van der Waals surface area contributed by atoms with Crippen LogP contribution in [-0.4, -0.2) is 75.5 Å². The van der Waals surface area contributed by atoms with Crippen molar-refractivity contribution in [3.63, 3.8) is 0 Å². The highest BCUT2D eigenvalue weighted by atomic mass is 16.6. The molecule has 8 heteroatoms. The number of quaternary nitrogens is 1. The molecule has 0 N–H and O–H groups in total. The van der Waals surface area contributed by atoms with E-state index in [2.05, 4.69) is 74.6 Å². The van der Waals surface area contributed by atoms with Gasteiger partial charge in [0, 0.05) is 19.3 Å². The van der Waals surface area contributed by atoms with Gasteiger partial charge in [0.1, 0.15) is 12.6 Å². The molecule has 0 radical (unpaired) electrons. The fraction of sp³-hybridized carbons (Fsp3) is 0.755. The van der Waals surface area contributed by atoms with E-state index in [1.165, 1.54) is 89.9 Å². The molecule has 0 saturated carbocycles. The van der Waals surface area contributed by atoms with Gasteiger partial charge in [-0.3, -0.25) is 9.59 Å². The van der Waals surface area contributed by atoms with E-state index in [-0.39, 0.29) is 42.7 Å². The smallest absolute Gasteiger partial charge is 0.306 e. The SMILES string of the molecule is CC/C=C/C/C=C/C/C=C/C/C=C/C/C=C/CCCCCCCCCC(=O)OC(COCCC(C(=O)[O-])[N+](C)(C)C)COC(=O)CCCCCCCCCCCCCCCC. The molecule has 8 nitrogen and oxygen atoms in total. The molecule has 0 aliphatic carbocycles. The summed E-state index contributed by atoms with van der Waals surface area (Å²) in [4.78, 5) is 37.0. The zero-order valence-corrected chi connectivity index (χ0v) is 40.1. The summed E-state index contributed by atoms with van der Waals surface area (Å²) in [7, 11) is 5.41. The van der Waals surface area contributed by atoms with Crippen molar-refractivity contribution in [2.75, 3.05) is 41.0 Å².